The summed E-state index contributed by atoms with van der Waals surface area (Å²) in [6.07, 6.45) is -0.586. The maximum Gasteiger partial charge on any atom is 0.313 e. The van der Waals surface area contributed by atoms with Crippen molar-refractivity contribution in [1.82, 2.24) is 0 Å². The predicted molar refractivity (Wildman–Crippen MR) is 122 cm³/mol. The molecule has 180 valence electrons. The van der Waals surface area contributed by atoms with E-state index in [1.807, 2.05) is 20.8 Å². The summed E-state index contributed by atoms with van der Waals surface area (Å²) in [5.74, 6) is -0.572. The van der Waals surface area contributed by atoms with Gasteiger partial charge in [-0.2, -0.15) is 0 Å². The van der Waals surface area contributed by atoms with Crippen LogP contribution < -0.4 is 0 Å². The third kappa shape index (κ3) is 5.82. The molecule has 0 amide bonds. The molecule has 0 radical (unpaired) electrons. The van der Waals surface area contributed by atoms with Crippen LogP contribution in [0.25, 0.3) is 0 Å². The van der Waals surface area contributed by atoms with E-state index in [0.29, 0.717) is 12.8 Å². The first-order valence-corrected chi connectivity index (χ1v) is 14.8. The van der Waals surface area contributed by atoms with Crippen molar-refractivity contribution in [3.05, 3.63) is 12.2 Å². The lowest BCUT2D eigenvalue weighted by Crippen LogP contribution is -2.63. The minimum absolute atomic E-state index is 0.129. The summed E-state index contributed by atoms with van der Waals surface area (Å²) in [5.41, 5.74) is 4.07. The molecule has 3 fully saturated rings. The van der Waals surface area contributed by atoms with Crippen molar-refractivity contribution in [3.63, 3.8) is 0 Å². The molecule has 3 aliphatic heterocycles. The monoisotopic (exact) mass is 466 g/mol. The zero-order valence-electron chi connectivity index (χ0n) is 20.7. The summed E-state index contributed by atoms with van der Waals surface area (Å²) in [6, 6.07) is 0. The van der Waals surface area contributed by atoms with E-state index in [4.69, 9.17) is 28.4 Å². The largest absolute Gasteiger partial charge is 0.453 e. The van der Waals surface area contributed by atoms with Gasteiger partial charge in [0.1, 0.15) is 26.9 Å². The lowest BCUT2D eigenvalue weighted by molar-refractivity contribution is -0.329. The first-order chi connectivity index (χ1) is 14.6. The van der Waals surface area contributed by atoms with Crippen molar-refractivity contribution in [2.24, 2.45) is 5.92 Å². The molecule has 0 aromatic rings. The third-order valence-electron chi connectivity index (χ3n) is 5.63. The first kappa shape index (κ1) is 25.4. The highest BCUT2D eigenvalue weighted by Crippen LogP contribution is 2.45. The van der Waals surface area contributed by atoms with E-state index >= 15 is 0 Å². The average molecular weight is 467 g/mol. The lowest BCUT2D eigenvalue weighted by Gasteiger charge is -2.43. The molecule has 0 unspecified atom stereocenters. The van der Waals surface area contributed by atoms with Crippen LogP contribution in [0.1, 0.15) is 47.5 Å². The van der Waals surface area contributed by atoms with Gasteiger partial charge in [-0.05, 0) is 41.0 Å². The van der Waals surface area contributed by atoms with Gasteiger partial charge in [0.25, 0.3) is 0 Å². The number of hydrogen-bond donors (Lipinski definition) is 0. The average Bonchev–Trinajstić information content (AvgIpc) is 3.11. The van der Waals surface area contributed by atoms with E-state index in [0.717, 1.165) is 5.57 Å². The number of fused-ring (bicyclic) bond motifs is 1. The van der Waals surface area contributed by atoms with E-state index in [1.54, 1.807) is 13.8 Å². The van der Waals surface area contributed by atoms with Crippen LogP contribution in [0.5, 0.6) is 0 Å². The molecular weight excluding hydrogens is 428 g/mol. The Balaban J connectivity index is 1.80. The highest BCUT2D eigenvalue weighted by atomic mass is 28.3. The Labute approximate surface area is 193 Å². The highest BCUT2D eigenvalue weighted by Gasteiger charge is 2.64. The summed E-state index contributed by atoms with van der Waals surface area (Å²) < 4.78 is 36.2. The molecule has 32 heavy (non-hydrogen) atoms. The Bertz CT molecular complexity index is 801. The van der Waals surface area contributed by atoms with Gasteiger partial charge in [0.05, 0.1) is 12.5 Å². The smallest absolute Gasteiger partial charge is 0.313 e. The van der Waals surface area contributed by atoms with Gasteiger partial charge in [-0.15, -0.1) is 11.5 Å². The minimum atomic E-state index is -1.46. The van der Waals surface area contributed by atoms with Gasteiger partial charge in [-0.3, -0.25) is 4.79 Å². The molecule has 0 aromatic carbocycles. The van der Waals surface area contributed by atoms with E-state index in [-0.39, 0.29) is 25.3 Å². The lowest BCUT2D eigenvalue weighted by atomic mass is 9.94. The first-order valence-electron chi connectivity index (χ1n) is 11.3. The summed E-state index contributed by atoms with van der Waals surface area (Å²) >= 11 is 0. The molecule has 0 aromatic heterocycles. The van der Waals surface area contributed by atoms with E-state index in [2.05, 4.69) is 37.7 Å². The molecule has 0 N–H and O–H groups in total. The summed E-state index contributed by atoms with van der Waals surface area (Å²) in [4.78, 5) is 13.3. The van der Waals surface area contributed by atoms with Gasteiger partial charge in [-0.25, -0.2) is 0 Å². The van der Waals surface area contributed by atoms with Crippen LogP contribution in [-0.4, -0.2) is 62.9 Å². The molecular formula is C24H38O7Si. The molecule has 3 heterocycles. The van der Waals surface area contributed by atoms with Crippen molar-refractivity contribution in [3.8, 4) is 11.5 Å². The molecule has 8 heteroatoms. The third-order valence-corrected chi connectivity index (χ3v) is 6.56. The second-order valence-electron chi connectivity index (χ2n) is 10.9. The van der Waals surface area contributed by atoms with Crippen molar-refractivity contribution in [2.75, 3.05) is 13.2 Å². The SMILES string of the molecule is C=C(C)[C@@H](CCC#C[Si](C)(C)C)C(=O)O[C@H]1[C@@H]2OC(C)(C)O[C@@H]2CO[C@@]12COC(C)(C)O2. The molecule has 3 aliphatic rings. The van der Waals surface area contributed by atoms with Gasteiger partial charge in [0, 0.05) is 6.42 Å². The number of carbonyl (C=O) groups is 1. The summed E-state index contributed by atoms with van der Waals surface area (Å²) in [7, 11) is -1.46. The fraction of sp³-hybridized carbons (Fsp3) is 0.792. The zero-order chi connectivity index (χ0) is 23.9. The van der Waals surface area contributed by atoms with Gasteiger partial charge >= 0.3 is 5.97 Å². The molecule has 7 nitrogen and oxygen atoms in total. The molecule has 0 saturated carbocycles. The number of rotatable bonds is 5. The predicted octanol–water partition coefficient (Wildman–Crippen LogP) is 3.78. The standard InChI is InChI=1S/C24H38O7Si/c1-16(2)17(12-10-11-13-32(7,8)9)21(25)28-20-19-18(29-23(5,6)30-19)14-26-24(20)15-27-22(3,4)31-24/h17-20H,1,10,12,14-15H2,2-9H3/t17-,18-,19-,20+,24-/m1/s1. The number of esters is 1. The maximum atomic E-state index is 13.3. The highest BCUT2D eigenvalue weighted by molar-refractivity contribution is 6.83. The van der Waals surface area contributed by atoms with Crippen molar-refractivity contribution in [2.45, 2.75) is 103 Å². The Morgan fingerprint density at radius 1 is 1.16 bits per heavy atom. The molecule has 3 saturated heterocycles. The molecule has 0 aliphatic carbocycles. The van der Waals surface area contributed by atoms with Gasteiger partial charge in [-0.1, -0.05) is 31.8 Å². The summed E-state index contributed by atoms with van der Waals surface area (Å²) in [6.45, 7) is 20.1. The van der Waals surface area contributed by atoms with Gasteiger partial charge < -0.3 is 28.4 Å². The number of carbonyl (C=O) groups excluding carboxylic acids is 1. The van der Waals surface area contributed by atoms with Crippen LogP contribution in [0.4, 0.5) is 0 Å². The topological polar surface area (TPSA) is 72.5 Å². The van der Waals surface area contributed by atoms with Crippen LogP contribution in [0, 0.1) is 17.4 Å². The zero-order valence-corrected chi connectivity index (χ0v) is 21.7. The van der Waals surface area contributed by atoms with Crippen LogP contribution in [0.15, 0.2) is 12.2 Å². The minimum Gasteiger partial charge on any atom is -0.453 e. The van der Waals surface area contributed by atoms with Crippen LogP contribution >= 0.6 is 0 Å². The summed E-state index contributed by atoms with van der Waals surface area (Å²) in [5, 5.41) is 0. The van der Waals surface area contributed by atoms with E-state index < -0.39 is 43.6 Å². The second-order valence-corrected chi connectivity index (χ2v) is 15.6. The Morgan fingerprint density at radius 2 is 1.84 bits per heavy atom. The van der Waals surface area contributed by atoms with E-state index in [9.17, 15) is 4.79 Å². The van der Waals surface area contributed by atoms with Gasteiger partial charge in [0.15, 0.2) is 17.7 Å². The number of hydrogen-bond acceptors (Lipinski definition) is 7. The number of ether oxygens (including phenoxy) is 6. The molecule has 5 atom stereocenters. The van der Waals surface area contributed by atoms with Crippen molar-refractivity contribution >= 4 is 14.0 Å². The molecule has 1 spiro atoms. The Kier molecular flexibility index (Phi) is 7.03. The van der Waals surface area contributed by atoms with E-state index in [1.165, 1.54) is 0 Å². The normalized spacial score (nSPS) is 33.8. The van der Waals surface area contributed by atoms with Crippen LogP contribution in [0.3, 0.4) is 0 Å². The second kappa shape index (κ2) is 8.86. The molecule has 0 bridgehead atoms. The van der Waals surface area contributed by atoms with Crippen LogP contribution in [-0.2, 0) is 33.2 Å². The molecule has 3 rings (SSSR count). The van der Waals surface area contributed by atoms with Gasteiger partial charge in [0.2, 0.25) is 5.79 Å². The van der Waals surface area contributed by atoms with Crippen LogP contribution in [0.2, 0.25) is 19.6 Å². The Morgan fingerprint density at radius 3 is 2.41 bits per heavy atom. The maximum absolute atomic E-state index is 13.3. The van der Waals surface area contributed by atoms with Crippen molar-refractivity contribution < 1.29 is 33.2 Å². The Hall–Kier alpha value is -1.21. The quantitative estimate of drug-likeness (QED) is 0.264. The fourth-order valence-corrected chi connectivity index (χ4v) is 4.89. The fourth-order valence-electron chi connectivity index (χ4n) is 4.24. The van der Waals surface area contributed by atoms with Crippen molar-refractivity contribution in [1.29, 1.82) is 0 Å².